The van der Waals surface area contributed by atoms with E-state index >= 15 is 0 Å². The van der Waals surface area contributed by atoms with E-state index in [1.54, 1.807) is 18.2 Å². The summed E-state index contributed by atoms with van der Waals surface area (Å²) in [6, 6.07) is 6.44. The minimum Gasteiger partial charge on any atom is -0.497 e. The average molecular weight is 241 g/mol. The van der Waals surface area contributed by atoms with Gasteiger partial charge in [-0.2, -0.15) is 0 Å². The van der Waals surface area contributed by atoms with Gasteiger partial charge in [0.15, 0.2) is 0 Å². The summed E-state index contributed by atoms with van der Waals surface area (Å²) in [5, 5.41) is 0. The zero-order valence-corrected chi connectivity index (χ0v) is 9.53. The highest BCUT2D eigenvalue weighted by atomic mass is 32.2. The fourth-order valence-corrected chi connectivity index (χ4v) is 3.06. The van der Waals surface area contributed by atoms with Crippen LogP contribution in [0, 0.1) is 0 Å². The number of rotatable bonds is 2. The molecule has 86 valence electrons. The molecule has 1 saturated heterocycles. The molecule has 0 N–H and O–H groups in total. The predicted molar refractivity (Wildman–Crippen MR) is 58.9 cm³/mol. The lowest BCUT2D eigenvalue weighted by Gasteiger charge is -2.15. The quantitative estimate of drug-likeness (QED) is 0.767. The number of nitrogens with zero attached hydrogens (tertiary/aromatic N) is 1. The number of hydrogen-bond acceptors (Lipinski definition) is 4. The molecular formula is C10H11NO4S. The standard InChI is InChI=1S/C10H11NO4S/c1-15-9-4-2-3-8(7-9)11-10(12)5-6-16(11,13)14/h2-4,7H,5-6H2,1H3. The van der Waals surface area contributed by atoms with E-state index in [-0.39, 0.29) is 12.2 Å². The maximum absolute atomic E-state index is 11.6. The highest BCUT2D eigenvalue weighted by Gasteiger charge is 2.36. The summed E-state index contributed by atoms with van der Waals surface area (Å²) in [7, 11) is -2.00. The number of methoxy groups -OCH3 is 1. The molecule has 0 spiro atoms. The zero-order chi connectivity index (χ0) is 11.8. The average Bonchev–Trinajstić information content (AvgIpc) is 2.53. The molecule has 1 aromatic carbocycles. The van der Waals surface area contributed by atoms with E-state index in [9.17, 15) is 13.2 Å². The highest BCUT2D eigenvalue weighted by molar-refractivity contribution is 7.94. The van der Waals surface area contributed by atoms with Gasteiger partial charge in [0, 0.05) is 12.5 Å². The van der Waals surface area contributed by atoms with Crippen LogP contribution in [0.5, 0.6) is 5.75 Å². The van der Waals surface area contributed by atoms with Gasteiger partial charge in [-0.3, -0.25) is 4.79 Å². The molecule has 0 aliphatic carbocycles. The normalized spacial score (nSPS) is 18.8. The lowest BCUT2D eigenvalue weighted by molar-refractivity contribution is -0.116. The molecule has 1 amide bonds. The summed E-state index contributed by atoms with van der Waals surface area (Å²) in [4.78, 5) is 11.5. The predicted octanol–water partition coefficient (Wildman–Crippen LogP) is 0.762. The Morgan fingerprint density at radius 2 is 2.12 bits per heavy atom. The zero-order valence-electron chi connectivity index (χ0n) is 8.71. The van der Waals surface area contributed by atoms with E-state index < -0.39 is 15.9 Å². The molecule has 0 bridgehead atoms. The maximum Gasteiger partial charge on any atom is 0.242 e. The first-order valence-corrected chi connectivity index (χ1v) is 6.35. The number of sulfonamides is 1. The van der Waals surface area contributed by atoms with Crippen LogP contribution in [-0.2, 0) is 14.8 Å². The smallest absolute Gasteiger partial charge is 0.242 e. The number of anilines is 1. The lowest BCUT2D eigenvalue weighted by Crippen LogP contribution is -2.29. The Kier molecular flexibility index (Phi) is 2.59. The van der Waals surface area contributed by atoms with E-state index in [0.717, 1.165) is 4.31 Å². The van der Waals surface area contributed by atoms with E-state index in [1.165, 1.54) is 13.2 Å². The van der Waals surface area contributed by atoms with Crippen LogP contribution in [0.2, 0.25) is 0 Å². The number of carbonyl (C=O) groups is 1. The largest absolute Gasteiger partial charge is 0.497 e. The second-order valence-electron chi connectivity index (χ2n) is 3.43. The van der Waals surface area contributed by atoms with Crippen molar-refractivity contribution in [3.63, 3.8) is 0 Å². The van der Waals surface area contributed by atoms with E-state index in [1.807, 2.05) is 0 Å². The summed E-state index contributed by atoms with van der Waals surface area (Å²) < 4.78 is 29.1. The Bertz CT molecular complexity index is 523. The molecule has 1 aromatic rings. The molecule has 1 aliphatic heterocycles. The van der Waals surface area contributed by atoms with Gasteiger partial charge in [0.05, 0.1) is 18.6 Å². The molecular weight excluding hydrogens is 230 g/mol. The highest BCUT2D eigenvalue weighted by Crippen LogP contribution is 2.27. The van der Waals surface area contributed by atoms with Crippen molar-refractivity contribution in [2.75, 3.05) is 17.2 Å². The molecule has 0 radical (unpaired) electrons. The second kappa shape index (κ2) is 3.79. The monoisotopic (exact) mass is 241 g/mol. The third-order valence-electron chi connectivity index (χ3n) is 2.37. The first kappa shape index (κ1) is 10.9. The summed E-state index contributed by atoms with van der Waals surface area (Å²) in [5.41, 5.74) is 0.335. The van der Waals surface area contributed by atoms with Crippen LogP contribution in [0.3, 0.4) is 0 Å². The van der Waals surface area contributed by atoms with Crippen LogP contribution in [0.25, 0.3) is 0 Å². The molecule has 16 heavy (non-hydrogen) atoms. The molecule has 1 heterocycles. The Morgan fingerprint density at radius 3 is 2.69 bits per heavy atom. The second-order valence-corrected chi connectivity index (χ2v) is 5.36. The molecule has 5 nitrogen and oxygen atoms in total. The molecule has 6 heteroatoms. The van der Waals surface area contributed by atoms with Crippen LogP contribution in [-0.4, -0.2) is 27.2 Å². The van der Waals surface area contributed by atoms with Gasteiger partial charge in [-0.1, -0.05) is 6.07 Å². The minimum atomic E-state index is -3.49. The van der Waals surface area contributed by atoms with Crippen molar-refractivity contribution in [3.05, 3.63) is 24.3 Å². The van der Waals surface area contributed by atoms with Crippen molar-refractivity contribution in [3.8, 4) is 5.75 Å². The van der Waals surface area contributed by atoms with E-state index in [4.69, 9.17) is 4.74 Å². The van der Waals surface area contributed by atoms with Crippen LogP contribution < -0.4 is 9.04 Å². The van der Waals surface area contributed by atoms with Crippen molar-refractivity contribution in [2.24, 2.45) is 0 Å². The Labute approximate surface area is 93.7 Å². The third-order valence-corrected chi connectivity index (χ3v) is 4.06. The maximum atomic E-state index is 11.6. The first-order chi connectivity index (χ1) is 7.54. The van der Waals surface area contributed by atoms with Crippen LogP contribution in [0.1, 0.15) is 6.42 Å². The van der Waals surface area contributed by atoms with Crippen molar-refractivity contribution in [1.82, 2.24) is 0 Å². The van der Waals surface area contributed by atoms with Gasteiger partial charge < -0.3 is 4.74 Å². The number of hydrogen-bond donors (Lipinski definition) is 0. The Balaban J connectivity index is 2.47. The molecule has 1 aliphatic rings. The molecule has 0 unspecified atom stereocenters. The summed E-state index contributed by atoms with van der Waals surface area (Å²) in [6.07, 6.45) is 0.0412. The summed E-state index contributed by atoms with van der Waals surface area (Å²) >= 11 is 0. The Hall–Kier alpha value is -1.56. The van der Waals surface area contributed by atoms with Gasteiger partial charge in [-0.25, -0.2) is 12.7 Å². The molecule has 2 rings (SSSR count). The SMILES string of the molecule is COc1cccc(N2C(=O)CCS2(=O)=O)c1. The molecule has 0 saturated carbocycles. The fraction of sp³-hybridized carbons (Fsp3) is 0.300. The van der Waals surface area contributed by atoms with Gasteiger partial charge in [-0.15, -0.1) is 0 Å². The van der Waals surface area contributed by atoms with Crippen molar-refractivity contribution in [1.29, 1.82) is 0 Å². The fourth-order valence-electron chi connectivity index (χ4n) is 1.61. The number of amides is 1. The summed E-state index contributed by atoms with van der Waals surface area (Å²) in [5.74, 6) is 0.00362. The number of ether oxygens (including phenoxy) is 1. The molecule has 0 atom stereocenters. The van der Waals surface area contributed by atoms with Gasteiger partial charge in [-0.05, 0) is 12.1 Å². The van der Waals surface area contributed by atoms with Gasteiger partial charge >= 0.3 is 0 Å². The number of carbonyl (C=O) groups excluding carboxylic acids is 1. The van der Waals surface area contributed by atoms with Crippen LogP contribution >= 0.6 is 0 Å². The first-order valence-electron chi connectivity index (χ1n) is 4.74. The van der Waals surface area contributed by atoms with Gasteiger partial charge in [0.2, 0.25) is 15.9 Å². The van der Waals surface area contributed by atoms with Gasteiger partial charge in [0.25, 0.3) is 0 Å². The Morgan fingerprint density at radius 1 is 1.38 bits per heavy atom. The van der Waals surface area contributed by atoms with Crippen molar-refractivity contribution >= 4 is 21.6 Å². The molecule has 1 fully saturated rings. The van der Waals surface area contributed by atoms with E-state index in [0.29, 0.717) is 11.4 Å². The van der Waals surface area contributed by atoms with Crippen LogP contribution in [0.15, 0.2) is 24.3 Å². The van der Waals surface area contributed by atoms with Crippen LogP contribution in [0.4, 0.5) is 5.69 Å². The minimum absolute atomic E-state index is 0.0412. The third kappa shape index (κ3) is 1.76. The lowest BCUT2D eigenvalue weighted by atomic mass is 10.3. The van der Waals surface area contributed by atoms with Gasteiger partial charge in [0.1, 0.15) is 5.75 Å². The number of benzene rings is 1. The van der Waals surface area contributed by atoms with Crippen molar-refractivity contribution < 1.29 is 17.9 Å². The van der Waals surface area contributed by atoms with E-state index in [2.05, 4.69) is 0 Å². The topological polar surface area (TPSA) is 63.7 Å². The molecule has 0 aromatic heterocycles. The summed E-state index contributed by atoms with van der Waals surface area (Å²) in [6.45, 7) is 0. The van der Waals surface area contributed by atoms with Crippen molar-refractivity contribution in [2.45, 2.75) is 6.42 Å².